The van der Waals surface area contributed by atoms with Gasteiger partial charge in [-0.3, -0.25) is 4.79 Å². The Kier molecular flexibility index (Phi) is 8.07. The van der Waals surface area contributed by atoms with E-state index in [1.807, 2.05) is 20.8 Å². The summed E-state index contributed by atoms with van der Waals surface area (Å²) < 4.78 is 11.0. The Bertz CT molecular complexity index is 381. The normalized spacial score (nSPS) is 17.6. The standard InChI is InChI=1S/C19H34O4/c1-5-7-9-12-19(13-10-8-11-14-19)23-16(20)15-22-17(21)18(3,4)6-2/h5-15H2,1-4H3. The van der Waals surface area contributed by atoms with Gasteiger partial charge in [-0.25, -0.2) is 4.79 Å². The minimum absolute atomic E-state index is 0.266. The van der Waals surface area contributed by atoms with Gasteiger partial charge in [0.15, 0.2) is 6.61 Å². The molecule has 1 saturated carbocycles. The zero-order valence-electron chi connectivity index (χ0n) is 15.4. The second kappa shape index (κ2) is 9.29. The van der Waals surface area contributed by atoms with E-state index in [0.29, 0.717) is 6.42 Å². The van der Waals surface area contributed by atoms with Gasteiger partial charge in [0.05, 0.1) is 5.41 Å². The zero-order valence-corrected chi connectivity index (χ0v) is 15.4. The molecule has 0 unspecified atom stereocenters. The Morgan fingerprint density at radius 2 is 1.70 bits per heavy atom. The van der Waals surface area contributed by atoms with Crippen molar-refractivity contribution in [3.05, 3.63) is 0 Å². The fourth-order valence-electron chi connectivity index (χ4n) is 3.03. The van der Waals surface area contributed by atoms with Crippen molar-refractivity contribution in [2.75, 3.05) is 6.61 Å². The second-order valence-electron chi connectivity index (χ2n) is 7.49. The van der Waals surface area contributed by atoms with E-state index < -0.39 is 11.4 Å². The van der Waals surface area contributed by atoms with E-state index in [1.165, 1.54) is 12.8 Å². The van der Waals surface area contributed by atoms with Crippen molar-refractivity contribution in [1.82, 2.24) is 0 Å². The van der Waals surface area contributed by atoms with Crippen LogP contribution in [0.3, 0.4) is 0 Å². The van der Waals surface area contributed by atoms with Gasteiger partial charge in [0, 0.05) is 0 Å². The van der Waals surface area contributed by atoms with E-state index >= 15 is 0 Å². The van der Waals surface area contributed by atoms with Crippen LogP contribution < -0.4 is 0 Å². The molecule has 0 radical (unpaired) electrons. The fraction of sp³-hybridized carbons (Fsp3) is 0.895. The van der Waals surface area contributed by atoms with Gasteiger partial charge in [0.25, 0.3) is 0 Å². The van der Waals surface area contributed by atoms with Crippen LogP contribution in [0.5, 0.6) is 0 Å². The summed E-state index contributed by atoms with van der Waals surface area (Å²) in [6.07, 6.45) is 10.4. The van der Waals surface area contributed by atoms with Gasteiger partial charge in [-0.2, -0.15) is 0 Å². The predicted octanol–water partition coefficient (Wildman–Crippen LogP) is 4.79. The monoisotopic (exact) mass is 326 g/mol. The first-order chi connectivity index (χ1) is 10.9. The van der Waals surface area contributed by atoms with Crippen LogP contribution in [0.25, 0.3) is 0 Å². The second-order valence-corrected chi connectivity index (χ2v) is 7.49. The van der Waals surface area contributed by atoms with E-state index in [9.17, 15) is 9.59 Å². The van der Waals surface area contributed by atoms with E-state index in [-0.39, 0.29) is 18.2 Å². The molecule has 0 aromatic carbocycles. The fourth-order valence-corrected chi connectivity index (χ4v) is 3.03. The topological polar surface area (TPSA) is 52.6 Å². The van der Waals surface area contributed by atoms with Gasteiger partial charge in [-0.05, 0) is 58.8 Å². The Morgan fingerprint density at radius 3 is 2.26 bits per heavy atom. The van der Waals surface area contributed by atoms with Crippen LogP contribution in [-0.4, -0.2) is 24.1 Å². The molecule has 0 amide bonds. The average Bonchev–Trinajstić information content (AvgIpc) is 2.53. The van der Waals surface area contributed by atoms with Crippen molar-refractivity contribution in [1.29, 1.82) is 0 Å². The molecule has 23 heavy (non-hydrogen) atoms. The molecule has 0 atom stereocenters. The number of hydrogen-bond acceptors (Lipinski definition) is 4. The van der Waals surface area contributed by atoms with Crippen molar-refractivity contribution < 1.29 is 19.1 Å². The molecular formula is C19H34O4. The lowest BCUT2D eigenvalue weighted by atomic mass is 9.81. The number of rotatable bonds is 9. The molecule has 134 valence electrons. The molecule has 4 nitrogen and oxygen atoms in total. The predicted molar refractivity (Wildman–Crippen MR) is 91.1 cm³/mol. The van der Waals surface area contributed by atoms with E-state index in [2.05, 4.69) is 6.92 Å². The highest BCUT2D eigenvalue weighted by Gasteiger charge is 2.36. The molecule has 0 aliphatic heterocycles. The Balaban J connectivity index is 2.51. The van der Waals surface area contributed by atoms with Crippen molar-refractivity contribution in [2.45, 2.75) is 97.5 Å². The molecule has 0 heterocycles. The molecule has 1 aliphatic carbocycles. The number of esters is 2. The summed E-state index contributed by atoms with van der Waals surface area (Å²) in [5.41, 5.74) is -0.874. The third-order valence-corrected chi connectivity index (χ3v) is 5.09. The third-order valence-electron chi connectivity index (χ3n) is 5.09. The van der Waals surface area contributed by atoms with Gasteiger partial charge >= 0.3 is 11.9 Å². The van der Waals surface area contributed by atoms with Crippen molar-refractivity contribution in [3.8, 4) is 0 Å². The van der Waals surface area contributed by atoms with Crippen molar-refractivity contribution >= 4 is 11.9 Å². The first-order valence-electron chi connectivity index (χ1n) is 9.24. The maximum Gasteiger partial charge on any atom is 0.344 e. The lowest BCUT2D eigenvalue weighted by molar-refractivity contribution is -0.176. The van der Waals surface area contributed by atoms with Crippen molar-refractivity contribution in [3.63, 3.8) is 0 Å². The smallest absolute Gasteiger partial charge is 0.344 e. The van der Waals surface area contributed by atoms with Crippen LogP contribution in [0.1, 0.15) is 91.9 Å². The summed E-state index contributed by atoms with van der Waals surface area (Å²) >= 11 is 0. The molecule has 4 heteroatoms. The minimum Gasteiger partial charge on any atom is -0.457 e. The lowest BCUT2D eigenvalue weighted by Crippen LogP contribution is -2.39. The molecular weight excluding hydrogens is 292 g/mol. The van der Waals surface area contributed by atoms with Crippen LogP contribution in [-0.2, 0) is 19.1 Å². The summed E-state index contributed by atoms with van der Waals surface area (Å²) in [6.45, 7) is 7.50. The van der Waals surface area contributed by atoms with Crippen molar-refractivity contribution in [2.24, 2.45) is 5.41 Å². The van der Waals surface area contributed by atoms with Gasteiger partial charge in [0.2, 0.25) is 0 Å². The number of ether oxygens (including phenoxy) is 2. The highest BCUT2D eigenvalue weighted by Crippen LogP contribution is 2.36. The highest BCUT2D eigenvalue weighted by atomic mass is 16.6. The number of carbonyl (C=O) groups is 2. The average molecular weight is 326 g/mol. The maximum atomic E-state index is 12.2. The molecule has 0 spiro atoms. The summed E-state index contributed by atoms with van der Waals surface area (Å²) in [4.78, 5) is 24.1. The Morgan fingerprint density at radius 1 is 1.04 bits per heavy atom. The largest absolute Gasteiger partial charge is 0.457 e. The summed E-state index contributed by atoms with van der Waals surface area (Å²) in [6, 6.07) is 0. The van der Waals surface area contributed by atoms with Gasteiger partial charge < -0.3 is 9.47 Å². The van der Waals surface area contributed by atoms with Crippen LogP contribution in [0.15, 0.2) is 0 Å². The summed E-state index contributed by atoms with van der Waals surface area (Å²) in [5.74, 6) is -0.732. The molecule has 0 aromatic heterocycles. The van der Waals surface area contributed by atoms with Crippen LogP contribution in [0.2, 0.25) is 0 Å². The first kappa shape index (κ1) is 20.0. The SMILES string of the molecule is CCCCCC1(OC(=O)COC(=O)C(C)(C)CC)CCCCC1. The van der Waals surface area contributed by atoms with E-state index in [4.69, 9.17) is 9.47 Å². The molecule has 0 N–H and O–H groups in total. The molecule has 1 fully saturated rings. The minimum atomic E-state index is -0.552. The molecule has 0 saturated heterocycles. The third kappa shape index (κ3) is 6.52. The first-order valence-corrected chi connectivity index (χ1v) is 9.24. The number of unbranched alkanes of at least 4 members (excludes halogenated alkanes) is 2. The number of hydrogen-bond donors (Lipinski definition) is 0. The molecule has 0 bridgehead atoms. The highest BCUT2D eigenvalue weighted by molar-refractivity contribution is 5.79. The Hall–Kier alpha value is -1.06. The lowest BCUT2D eigenvalue weighted by Gasteiger charge is -2.37. The molecule has 0 aromatic rings. The van der Waals surface area contributed by atoms with Gasteiger partial charge in [-0.1, -0.05) is 33.1 Å². The number of carbonyl (C=O) groups excluding carboxylic acids is 2. The van der Waals surface area contributed by atoms with Crippen LogP contribution >= 0.6 is 0 Å². The summed E-state index contributed by atoms with van der Waals surface area (Å²) in [5, 5.41) is 0. The van der Waals surface area contributed by atoms with Gasteiger partial charge in [0.1, 0.15) is 5.60 Å². The Labute approximate surface area is 141 Å². The maximum absolute atomic E-state index is 12.2. The molecule has 1 aliphatic rings. The molecule has 1 rings (SSSR count). The van der Waals surface area contributed by atoms with Crippen LogP contribution in [0.4, 0.5) is 0 Å². The zero-order chi connectivity index (χ0) is 17.3. The van der Waals surface area contributed by atoms with Gasteiger partial charge in [-0.15, -0.1) is 0 Å². The van der Waals surface area contributed by atoms with E-state index in [1.54, 1.807) is 0 Å². The quantitative estimate of drug-likeness (QED) is 0.451. The van der Waals surface area contributed by atoms with Crippen LogP contribution in [0, 0.1) is 5.41 Å². The van der Waals surface area contributed by atoms with E-state index in [0.717, 1.165) is 44.9 Å². The summed E-state index contributed by atoms with van der Waals surface area (Å²) in [7, 11) is 0.